The molecule has 0 atom stereocenters. The summed E-state index contributed by atoms with van der Waals surface area (Å²) in [6.07, 6.45) is 6.01. The van der Waals surface area contributed by atoms with Crippen LogP contribution >= 0.6 is 11.3 Å². The maximum absolute atomic E-state index is 10.8. The fourth-order valence-corrected chi connectivity index (χ4v) is 3.18. The summed E-state index contributed by atoms with van der Waals surface area (Å²) >= 11 is 1.44. The molecule has 0 saturated heterocycles. The lowest BCUT2D eigenvalue weighted by Crippen LogP contribution is -1.99. The molecule has 0 aliphatic rings. The first-order chi connectivity index (χ1) is 9.04. The average molecular weight is 275 g/mol. The van der Waals surface area contributed by atoms with Crippen LogP contribution in [-0.4, -0.2) is 25.0 Å². The standard InChI is InChI=1S/C13H13N3O2S/c1-8-11(5-12(17)18)19-13-14-10(7-16(8)13)9-3-4-15(2)6-9/h3-4,6-7H,5H2,1-2H3,(H,17,18). The molecule has 6 heteroatoms. The van der Waals surface area contributed by atoms with E-state index in [1.54, 1.807) is 0 Å². The van der Waals surface area contributed by atoms with E-state index >= 15 is 0 Å². The number of imidazole rings is 1. The lowest BCUT2D eigenvalue weighted by atomic mass is 10.2. The highest BCUT2D eigenvalue weighted by Crippen LogP contribution is 2.27. The SMILES string of the molecule is Cc1c(CC(=O)O)sc2nc(-c3ccn(C)c3)cn12. The second kappa shape index (κ2) is 4.24. The van der Waals surface area contributed by atoms with E-state index in [1.807, 2.05) is 47.6 Å². The molecule has 0 aliphatic carbocycles. The minimum atomic E-state index is -0.809. The van der Waals surface area contributed by atoms with Gasteiger partial charge in [0.25, 0.3) is 0 Å². The third-order valence-electron chi connectivity index (χ3n) is 3.09. The van der Waals surface area contributed by atoms with Gasteiger partial charge in [-0.25, -0.2) is 4.98 Å². The molecule has 0 amide bonds. The number of fused-ring (bicyclic) bond motifs is 1. The van der Waals surface area contributed by atoms with Crippen molar-refractivity contribution in [1.29, 1.82) is 0 Å². The molecule has 0 fully saturated rings. The van der Waals surface area contributed by atoms with Gasteiger partial charge in [0.05, 0.1) is 12.1 Å². The van der Waals surface area contributed by atoms with Gasteiger partial charge in [0, 0.05) is 41.8 Å². The van der Waals surface area contributed by atoms with Crippen LogP contribution in [-0.2, 0) is 18.3 Å². The Morgan fingerprint density at radius 3 is 2.84 bits per heavy atom. The monoisotopic (exact) mass is 275 g/mol. The number of carboxylic acid groups (broad SMARTS) is 1. The topological polar surface area (TPSA) is 59.5 Å². The number of carboxylic acids is 1. The van der Waals surface area contributed by atoms with Gasteiger partial charge in [0.1, 0.15) is 0 Å². The molecular weight excluding hydrogens is 262 g/mol. The summed E-state index contributed by atoms with van der Waals surface area (Å²) in [6, 6.07) is 2.01. The van der Waals surface area contributed by atoms with Crippen LogP contribution in [0.3, 0.4) is 0 Å². The van der Waals surface area contributed by atoms with Gasteiger partial charge in [-0.3, -0.25) is 9.20 Å². The number of aliphatic carboxylic acids is 1. The Labute approximate surface area is 113 Å². The maximum atomic E-state index is 10.8. The Morgan fingerprint density at radius 2 is 2.26 bits per heavy atom. The molecule has 0 bridgehead atoms. The second-order valence-electron chi connectivity index (χ2n) is 4.53. The Balaban J connectivity index is 2.05. The fraction of sp³-hybridized carbons (Fsp3) is 0.231. The minimum Gasteiger partial charge on any atom is -0.481 e. The molecule has 98 valence electrons. The number of aromatic nitrogens is 3. The molecule has 5 nitrogen and oxygen atoms in total. The molecule has 1 N–H and O–H groups in total. The van der Waals surface area contributed by atoms with E-state index in [1.165, 1.54) is 11.3 Å². The number of rotatable bonds is 3. The third kappa shape index (κ3) is 2.04. The number of carbonyl (C=O) groups is 1. The molecule has 0 radical (unpaired) electrons. The van der Waals surface area contributed by atoms with Crippen molar-refractivity contribution in [3.05, 3.63) is 35.2 Å². The number of hydrogen-bond donors (Lipinski definition) is 1. The van der Waals surface area contributed by atoms with Gasteiger partial charge in [-0.2, -0.15) is 0 Å². The van der Waals surface area contributed by atoms with E-state index in [0.717, 1.165) is 26.8 Å². The maximum Gasteiger partial charge on any atom is 0.308 e. The number of hydrogen-bond acceptors (Lipinski definition) is 3. The molecule has 3 aromatic rings. The number of thiazole rings is 1. The summed E-state index contributed by atoms with van der Waals surface area (Å²) in [5.74, 6) is -0.809. The highest BCUT2D eigenvalue weighted by molar-refractivity contribution is 7.17. The molecule has 0 aliphatic heterocycles. The molecule has 0 unspecified atom stereocenters. The molecular formula is C13H13N3O2S. The zero-order valence-electron chi connectivity index (χ0n) is 10.6. The quantitative estimate of drug-likeness (QED) is 0.798. The number of nitrogens with zero attached hydrogens (tertiary/aromatic N) is 3. The highest BCUT2D eigenvalue weighted by Gasteiger charge is 2.14. The first-order valence-corrected chi connectivity index (χ1v) is 6.68. The van der Waals surface area contributed by atoms with Crippen LogP contribution < -0.4 is 0 Å². The summed E-state index contributed by atoms with van der Waals surface area (Å²) in [5.41, 5.74) is 2.94. The summed E-state index contributed by atoms with van der Waals surface area (Å²) in [6.45, 7) is 1.93. The van der Waals surface area contributed by atoms with Crippen LogP contribution in [0.2, 0.25) is 0 Å². The Kier molecular flexibility index (Phi) is 2.67. The van der Waals surface area contributed by atoms with Gasteiger partial charge >= 0.3 is 5.97 Å². The lowest BCUT2D eigenvalue weighted by Gasteiger charge is -1.94. The summed E-state index contributed by atoms with van der Waals surface area (Å²) < 4.78 is 3.94. The first-order valence-electron chi connectivity index (χ1n) is 5.86. The van der Waals surface area contributed by atoms with E-state index in [-0.39, 0.29) is 6.42 Å². The van der Waals surface area contributed by atoms with Crippen LogP contribution in [0.5, 0.6) is 0 Å². The molecule has 0 aromatic carbocycles. The zero-order valence-corrected chi connectivity index (χ0v) is 11.4. The van der Waals surface area contributed by atoms with E-state index in [0.29, 0.717) is 0 Å². The average Bonchev–Trinajstić information content (AvgIpc) is 2.98. The van der Waals surface area contributed by atoms with Gasteiger partial charge < -0.3 is 9.67 Å². The smallest absolute Gasteiger partial charge is 0.308 e. The van der Waals surface area contributed by atoms with Gasteiger partial charge in [0.15, 0.2) is 4.96 Å². The van der Waals surface area contributed by atoms with Crippen LogP contribution in [0, 0.1) is 6.92 Å². The van der Waals surface area contributed by atoms with E-state index in [9.17, 15) is 4.79 Å². The normalized spacial score (nSPS) is 11.3. The van der Waals surface area contributed by atoms with Crippen LogP contribution in [0.4, 0.5) is 0 Å². The Hall–Kier alpha value is -2.08. The number of aryl methyl sites for hydroxylation is 2. The second-order valence-corrected chi connectivity index (χ2v) is 5.59. The first kappa shape index (κ1) is 12.0. The molecule has 3 aromatic heterocycles. The van der Waals surface area contributed by atoms with Gasteiger partial charge in [-0.05, 0) is 13.0 Å². The van der Waals surface area contributed by atoms with Gasteiger partial charge in [-0.1, -0.05) is 0 Å². The highest BCUT2D eigenvalue weighted by atomic mass is 32.1. The minimum absolute atomic E-state index is 0.0561. The van der Waals surface area contributed by atoms with E-state index < -0.39 is 5.97 Å². The molecule has 19 heavy (non-hydrogen) atoms. The van der Waals surface area contributed by atoms with E-state index in [2.05, 4.69) is 4.98 Å². The lowest BCUT2D eigenvalue weighted by molar-refractivity contribution is -0.136. The van der Waals surface area contributed by atoms with Crippen molar-refractivity contribution in [2.45, 2.75) is 13.3 Å². The predicted octanol–water partition coefficient (Wildman–Crippen LogP) is 2.34. The van der Waals surface area contributed by atoms with Crippen LogP contribution in [0.15, 0.2) is 24.7 Å². The van der Waals surface area contributed by atoms with Crippen LogP contribution in [0.1, 0.15) is 10.6 Å². The van der Waals surface area contributed by atoms with Crippen molar-refractivity contribution in [1.82, 2.24) is 14.0 Å². The van der Waals surface area contributed by atoms with Crippen LogP contribution in [0.25, 0.3) is 16.2 Å². The van der Waals surface area contributed by atoms with E-state index in [4.69, 9.17) is 5.11 Å². The van der Waals surface area contributed by atoms with Crippen molar-refractivity contribution in [2.75, 3.05) is 0 Å². The van der Waals surface area contributed by atoms with Crippen molar-refractivity contribution in [2.24, 2.45) is 7.05 Å². The van der Waals surface area contributed by atoms with Crippen molar-refractivity contribution in [3.8, 4) is 11.3 Å². The largest absolute Gasteiger partial charge is 0.481 e. The summed E-state index contributed by atoms with van der Waals surface area (Å²) in [5, 5.41) is 8.86. The third-order valence-corrected chi connectivity index (χ3v) is 4.25. The molecule has 3 heterocycles. The fourth-order valence-electron chi connectivity index (χ4n) is 2.09. The summed E-state index contributed by atoms with van der Waals surface area (Å²) in [4.78, 5) is 17.0. The zero-order chi connectivity index (χ0) is 13.6. The van der Waals surface area contributed by atoms with Crippen molar-refractivity contribution < 1.29 is 9.90 Å². The van der Waals surface area contributed by atoms with Gasteiger partial charge in [-0.15, -0.1) is 11.3 Å². The Bertz CT molecular complexity index is 766. The van der Waals surface area contributed by atoms with Crippen molar-refractivity contribution >= 4 is 22.3 Å². The van der Waals surface area contributed by atoms with Gasteiger partial charge in [0.2, 0.25) is 0 Å². The predicted molar refractivity (Wildman–Crippen MR) is 73.6 cm³/mol. The molecule has 0 saturated carbocycles. The molecule has 0 spiro atoms. The Morgan fingerprint density at radius 1 is 1.47 bits per heavy atom. The van der Waals surface area contributed by atoms with Crippen molar-refractivity contribution in [3.63, 3.8) is 0 Å². The molecule has 3 rings (SSSR count). The summed E-state index contributed by atoms with van der Waals surface area (Å²) in [7, 11) is 1.97.